The van der Waals surface area contributed by atoms with Crippen molar-refractivity contribution >= 4 is 17.2 Å². The second-order valence-corrected chi connectivity index (χ2v) is 3.79. The van der Waals surface area contributed by atoms with E-state index < -0.39 is 0 Å². The number of aromatic nitrogens is 5. The van der Waals surface area contributed by atoms with Gasteiger partial charge < -0.3 is 0 Å². The summed E-state index contributed by atoms with van der Waals surface area (Å²) in [6.07, 6.45) is 3.40. The van der Waals surface area contributed by atoms with Crippen LogP contribution in [-0.4, -0.2) is 24.4 Å². The Bertz CT molecular complexity index is 654. The zero-order valence-electron chi connectivity index (χ0n) is 8.50. The van der Waals surface area contributed by atoms with Crippen molar-refractivity contribution in [3.63, 3.8) is 0 Å². The summed E-state index contributed by atoms with van der Waals surface area (Å²) in [5.41, 5.74) is 2.44. The first-order chi connectivity index (χ1) is 7.75. The normalized spacial score (nSPS) is 11.1. The van der Waals surface area contributed by atoms with Gasteiger partial charge in [-0.1, -0.05) is 11.6 Å². The van der Waals surface area contributed by atoms with E-state index in [2.05, 4.69) is 15.2 Å². The Morgan fingerprint density at radius 1 is 1.19 bits per heavy atom. The van der Waals surface area contributed by atoms with Gasteiger partial charge in [-0.2, -0.15) is 10.2 Å². The molecule has 0 atom stereocenters. The largest absolute Gasteiger partial charge is 0.266 e. The predicted molar refractivity (Wildman–Crippen MR) is 60.2 cm³/mol. The van der Waals surface area contributed by atoms with Gasteiger partial charge in [-0.3, -0.25) is 4.68 Å². The van der Waals surface area contributed by atoms with E-state index in [-0.39, 0.29) is 0 Å². The van der Waals surface area contributed by atoms with E-state index in [0.717, 1.165) is 17.0 Å². The van der Waals surface area contributed by atoms with E-state index in [9.17, 15) is 0 Å². The molecule has 0 fully saturated rings. The molecular weight excluding hydrogens is 226 g/mol. The molecule has 0 N–H and O–H groups in total. The van der Waals surface area contributed by atoms with Gasteiger partial charge in [0.25, 0.3) is 0 Å². The Morgan fingerprint density at radius 3 is 2.75 bits per heavy atom. The Balaban J connectivity index is 2.29. The van der Waals surface area contributed by atoms with Crippen LogP contribution < -0.4 is 0 Å². The molecule has 5 nitrogen and oxygen atoms in total. The zero-order valence-corrected chi connectivity index (χ0v) is 9.26. The van der Waals surface area contributed by atoms with Gasteiger partial charge in [0.05, 0.1) is 17.6 Å². The molecule has 0 unspecified atom stereocenters. The topological polar surface area (TPSA) is 48.0 Å². The van der Waals surface area contributed by atoms with E-state index in [1.807, 2.05) is 19.2 Å². The first-order valence-corrected chi connectivity index (χ1v) is 5.12. The summed E-state index contributed by atoms with van der Waals surface area (Å²) >= 11 is 6.10. The second-order valence-electron chi connectivity index (χ2n) is 3.41. The van der Waals surface area contributed by atoms with Gasteiger partial charge in [0, 0.05) is 25.4 Å². The highest BCUT2D eigenvalue weighted by atomic mass is 35.5. The lowest BCUT2D eigenvalue weighted by Gasteiger charge is -2.03. The van der Waals surface area contributed by atoms with Crippen molar-refractivity contribution in [2.75, 3.05) is 0 Å². The van der Waals surface area contributed by atoms with Gasteiger partial charge in [0.1, 0.15) is 5.15 Å². The molecule has 0 bridgehead atoms. The first kappa shape index (κ1) is 9.35. The van der Waals surface area contributed by atoms with Crippen molar-refractivity contribution < 1.29 is 0 Å². The lowest BCUT2D eigenvalue weighted by Crippen LogP contribution is -1.98. The van der Waals surface area contributed by atoms with Crippen LogP contribution in [0.2, 0.25) is 5.15 Å². The predicted octanol–water partition coefficient (Wildman–Crippen LogP) is 1.78. The molecule has 0 aliphatic carbocycles. The smallest absolute Gasteiger partial charge is 0.157 e. The summed E-state index contributed by atoms with van der Waals surface area (Å²) in [5.74, 6) is 0. The van der Waals surface area contributed by atoms with Crippen LogP contribution in [-0.2, 0) is 7.05 Å². The lowest BCUT2D eigenvalue weighted by molar-refractivity contribution is 0.773. The van der Waals surface area contributed by atoms with E-state index >= 15 is 0 Å². The summed E-state index contributed by atoms with van der Waals surface area (Å²) in [7, 11) is 1.87. The van der Waals surface area contributed by atoms with Crippen LogP contribution in [0.25, 0.3) is 17.0 Å². The number of hydrogen-bond acceptors (Lipinski definition) is 3. The number of aryl methyl sites for hydroxylation is 1. The fraction of sp³-hybridized carbons (Fsp3) is 0.100. The van der Waals surface area contributed by atoms with Gasteiger partial charge >= 0.3 is 0 Å². The van der Waals surface area contributed by atoms with Crippen molar-refractivity contribution in [3.05, 3.63) is 35.7 Å². The molecule has 0 aromatic carbocycles. The molecular formula is C10H8ClN5. The third kappa shape index (κ3) is 1.29. The molecule has 3 aromatic rings. The van der Waals surface area contributed by atoms with Gasteiger partial charge in [-0.15, -0.1) is 0 Å². The monoisotopic (exact) mass is 233 g/mol. The van der Waals surface area contributed by atoms with Crippen molar-refractivity contribution in [2.24, 2.45) is 7.05 Å². The Kier molecular flexibility index (Phi) is 1.94. The summed E-state index contributed by atoms with van der Waals surface area (Å²) in [4.78, 5) is 4.45. The molecule has 3 aromatic heterocycles. The molecule has 0 radical (unpaired) electrons. The first-order valence-electron chi connectivity index (χ1n) is 4.74. The van der Waals surface area contributed by atoms with Gasteiger partial charge in [0.15, 0.2) is 5.65 Å². The standard InChI is InChI=1S/C10H8ClN5/c1-15-8(2-4-12-15)7-6-9(11)16-10(14-7)3-5-13-16/h2-6H,1H3. The SMILES string of the molecule is Cn1nccc1-c1cc(Cl)n2nccc2n1. The Morgan fingerprint density at radius 2 is 2.00 bits per heavy atom. The maximum absolute atomic E-state index is 6.10. The van der Waals surface area contributed by atoms with Crippen molar-refractivity contribution in [1.29, 1.82) is 0 Å². The van der Waals surface area contributed by atoms with E-state index in [1.165, 1.54) is 0 Å². The Labute approximate surface area is 96.3 Å². The van der Waals surface area contributed by atoms with Gasteiger partial charge in [-0.05, 0) is 6.07 Å². The van der Waals surface area contributed by atoms with Crippen LogP contribution in [0.1, 0.15) is 0 Å². The minimum atomic E-state index is 0.534. The fourth-order valence-electron chi connectivity index (χ4n) is 1.63. The van der Waals surface area contributed by atoms with Crippen molar-refractivity contribution in [3.8, 4) is 11.4 Å². The molecule has 0 aliphatic heterocycles. The number of hydrogen-bond donors (Lipinski definition) is 0. The summed E-state index contributed by atoms with van der Waals surface area (Å²) in [5, 5.41) is 8.70. The molecule has 80 valence electrons. The molecule has 0 spiro atoms. The number of fused-ring (bicyclic) bond motifs is 1. The summed E-state index contributed by atoms with van der Waals surface area (Å²) in [6.45, 7) is 0. The fourth-order valence-corrected chi connectivity index (χ4v) is 1.87. The van der Waals surface area contributed by atoms with Gasteiger partial charge in [-0.25, -0.2) is 9.50 Å². The highest BCUT2D eigenvalue weighted by Gasteiger charge is 2.08. The molecule has 3 heterocycles. The summed E-state index contributed by atoms with van der Waals surface area (Å²) < 4.78 is 3.34. The molecule has 0 aliphatic rings. The lowest BCUT2D eigenvalue weighted by atomic mass is 10.3. The summed E-state index contributed by atoms with van der Waals surface area (Å²) in [6, 6.07) is 5.48. The van der Waals surface area contributed by atoms with Crippen molar-refractivity contribution in [2.45, 2.75) is 0 Å². The van der Waals surface area contributed by atoms with Crippen LogP contribution in [0.4, 0.5) is 0 Å². The number of nitrogens with zero attached hydrogens (tertiary/aromatic N) is 5. The molecule has 6 heteroatoms. The highest BCUT2D eigenvalue weighted by molar-refractivity contribution is 6.29. The van der Waals surface area contributed by atoms with Gasteiger partial charge in [0.2, 0.25) is 0 Å². The highest BCUT2D eigenvalue weighted by Crippen LogP contribution is 2.20. The Hall–Kier alpha value is -1.88. The third-order valence-electron chi connectivity index (χ3n) is 2.40. The quantitative estimate of drug-likeness (QED) is 0.602. The van der Waals surface area contributed by atoms with E-state index in [0.29, 0.717) is 5.15 Å². The van der Waals surface area contributed by atoms with E-state index in [4.69, 9.17) is 11.6 Å². The zero-order chi connectivity index (χ0) is 11.1. The molecule has 0 saturated carbocycles. The number of rotatable bonds is 1. The number of halogens is 1. The molecule has 0 saturated heterocycles. The average molecular weight is 234 g/mol. The third-order valence-corrected chi connectivity index (χ3v) is 2.67. The van der Waals surface area contributed by atoms with E-state index in [1.54, 1.807) is 27.7 Å². The van der Waals surface area contributed by atoms with Crippen LogP contribution in [0.3, 0.4) is 0 Å². The van der Waals surface area contributed by atoms with Crippen LogP contribution in [0.5, 0.6) is 0 Å². The van der Waals surface area contributed by atoms with Crippen LogP contribution in [0.15, 0.2) is 30.6 Å². The maximum Gasteiger partial charge on any atom is 0.157 e. The molecule has 16 heavy (non-hydrogen) atoms. The minimum absolute atomic E-state index is 0.534. The van der Waals surface area contributed by atoms with Crippen molar-refractivity contribution in [1.82, 2.24) is 24.4 Å². The van der Waals surface area contributed by atoms with Crippen LogP contribution >= 0.6 is 11.6 Å². The molecule has 0 amide bonds. The minimum Gasteiger partial charge on any atom is -0.266 e. The van der Waals surface area contributed by atoms with Crippen LogP contribution in [0, 0.1) is 0 Å². The molecule has 3 rings (SSSR count). The second kappa shape index (κ2) is 3.31. The average Bonchev–Trinajstić information content (AvgIpc) is 2.85. The maximum atomic E-state index is 6.10.